The zero-order chi connectivity index (χ0) is 15.7. The summed E-state index contributed by atoms with van der Waals surface area (Å²) in [5.41, 5.74) is 4.03. The second kappa shape index (κ2) is 5.51. The molecule has 0 saturated carbocycles. The fourth-order valence-corrected chi connectivity index (χ4v) is 2.24. The Labute approximate surface area is 127 Å². The van der Waals surface area contributed by atoms with E-state index in [1.165, 1.54) is 0 Å². The molecule has 0 radical (unpaired) electrons. The van der Waals surface area contributed by atoms with Crippen LogP contribution < -0.4 is 5.32 Å². The SMILES string of the molecule is Cc1c[nH]c(C(=O)Nc2cnn(Cc3c(C)noc3C)c2)c1. The molecule has 0 aliphatic heterocycles. The summed E-state index contributed by atoms with van der Waals surface area (Å²) >= 11 is 0. The minimum Gasteiger partial charge on any atom is -0.361 e. The molecule has 0 spiro atoms. The van der Waals surface area contributed by atoms with E-state index in [0.29, 0.717) is 17.9 Å². The molecule has 0 unspecified atom stereocenters. The molecule has 0 aromatic carbocycles. The highest BCUT2D eigenvalue weighted by atomic mass is 16.5. The van der Waals surface area contributed by atoms with Gasteiger partial charge in [0, 0.05) is 18.0 Å². The van der Waals surface area contributed by atoms with Gasteiger partial charge in [-0.15, -0.1) is 0 Å². The molecule has 7 heteroatoms. The number of nitrogens with zero attached hydrogens (tertiary/aromatic N) is 3. The predicted octanol–water partition coefficient (Wildman–Crippen LogP) is 2.43. The number of anilines is 1. The molecular formula is C15H17N5O2. The molecule has 3 aromatic heterocycles. The van der Waals surface area contributed by atoms with Crippen LogP contribution in [0.5, 0.6) is 0 Å². The van der Waals surface area contributed by atoms with E-state index in [2.05, 4.69) is 20.6 Å². The van der Waals surface area contributed by atoms with Crippen molar-refractivity contribution in [3.05, 3.63) is 52.9 Å². The van der Waals surface area contributed by atoms with Gasteiger partial charge in [0.25, 0.3) is 5.91 Å². The Bertz CT molecular complexity index is 792. The summed E-state index contributed by atoms with van der Waals surface area (Å²) in [6, 6.07) is 1.80. The molecule has 114 valence electrons. The summed E-state index contributed by atoms with van der Waals surface area (Å²) in [6.07, 6.45) is 5.18. The van der Waals surface area contributed by atoms with E-state index in [-0.39, 0.29) is 5.91 Å². The smallest absolute Gasteiger partial charge is 0.272 e. The number of aromatic amines is 1. The van der Waals surface area contributed by atoms with Crippen LogP contribution in [0.2, 0.25) is 0 Å². The monoisotopic (exact) mass is 299 g/mol. The second-order valence-electron chi connectivity index (χ2n) is 5.27. The first kappa shape index (κ1) is 14.1. The standard InChI is InChI=1S/C15H17N5O2/c1-9-4-14(16-5-9)15(21)18-12-6-17-20(7-12)8-13-10(2)19-22-11(13)3/h4-7,16H,8H2,1-3H3,(H,18,21). The van der Waals surface area contributed by atoms with Crippen molar-refractivity contribution < 1.29 is 9.32 Å². The van der Waals surface area contributed by atoms with E-state index >= 15 is 0 Å². The van der Waals surface area contributed by atoms with Crippen LogP contribution in [0.4, 0.5) is 5.69 Å². The first-order valence-electron chi connectivity index (χ1n) is 6.93. The highest BCUT2D eigenvalue weighted by Gasteiger charge is 2.12. The maximum absolute atomic E-state index is 12.1. The Hall–Kier alpha value is -2.83. The van der Waals surface area contributed by atoms with E-state index in [4.69, 9.17) is 4.52 Å². The lowest BCUT2D eigenvalue weighted by Crippen LogP contribution is -2.11. The molecular weight excluding hydrogens is 282 g/mol. The Morgan fingerprint density at radius 1 is 1.41 bits per heavy atom. The van der Waals surface area contributed by atoms with Crippen molar-refractivity contribution >= 4 is 11.6 Å². The quantitative estimate of drug-likeness (QED) is 0.774. The van der Waals surface area contributed by atoms with Gasteiger partial charge < -0.3 is 14.8 Å². The molecule has 0 aliphatic carbocycles. The fraction of sp³-hybridized carbons (Fsp3) is 0.267. The molecule has 0 atom stereocenters. The first-order valence-corrected chi connectivity index (χ1v) is 6.93. The predicted molar refractivity (Wildman–Crippen MR) is 80.8 cm³/mol. The fourth-order valence-electron chi connectivity index (χ4n) is 2.24. The van der Waals surface area contributed by atoms with E-state index in [9.17, 15) is 4.79 Å². The third kappa shape index (κ3) is 2.78. The number of carbonyl (C=O) groups is 1. The molecule has 22 heavy (non-hydrogen) atoms. The average molecular weight is 299 g/mol. The lowest BCUT2D eigenvalue weighted by atomic mass is 10.2. The number of carbonyl (C=O) groups excluding carboxylic acids is 1. The minimum atomic E-state index is -0.190. The maximum Gasteiger partial charge on any atom is 0.272 e. The van der Waals surface area contributed by atoms with Crippen molar-refractivity contribution in [2.45, 2.75) is 27.3 Å². The number of H-pyrrole nitrogens is 1. The lowest BCUT2D eigenvalue weighted by molar-refractivity contribution is 0.102. The Morgan fingerprint density at radius 3 is 2.86 bits per heavy atom. The number of rotatable bonds is 4. The van der Waals surface area contributed by atoms with Crippen molar-refractivity contribution in [1.82, 2.24) is 19.9 Å². The van der Waals surface area contributed by atoms with Gasteiger partial charge in [-0.3, -0.25) is 9.48 Å². The van der Waals surface area contributed by atoms with Crippen LogP contribution in [0.15, 0.2) is 29.2 Å². The van der Waals surface area contributed by atoms with Crippen LogP contribution in [0.25, 0.3) is 0 Å². The van der Waals surface area contributed by atoms with Crippen LogP contribution in [-0.4, -0.2) is 25.8 Å². The van der Waals surface area contributed by atoms with E-state index in [1.807, 2.05) is 20.8 Å². The zero-order valence-corrected chi connectivity index (χ0v) is 12.7. The number of amides is 1. The molecule has 2 N–H and O–H groups in total. The van der Waals surface area contributed by atoms with Gasteiger partial charge in [-0.1, -0.05) is 5.16 Å². The van der Waals surface area contributed by atoms with Gasteiger partial charge >= 0.3 is 0 Å². The van der Waals surface area contributed by atoms with Crippen LogP contribution >= 0.6 is 0 Å². The summed E-state index contributed by atoms with van der Waals surface area (Å²) in [5.74, 6) is 0.588. The van der Waals surface area contributed by atoms with E-state index < -0.39 is 0 Å². The minimum absolute atomic E-state index is 0.190. The molecule has 1 amide bonds. The third-order valence-electron chi connectivity index (χ3n) is 3.46. The molecule has 0 saturated heterocycles. The summed E-state index contributed by atoms with van der Waals surface area (Å²) in [5, 5.41) is 11.0. The largest absolute Gasteiger partial charge is 0.361 e. The topological polar surface area (TPSA) is 88.7 Å². The number of aromatic nitrogens is 4. The van der Waals surface area contributed by atoms with Gasteiger partial charge in [0.2, 0.25) is 0 Å². The summed E-state index contributed by atoms with van der Waals surface area (Å²) in [7, 11) is 0. The van der Waals surface area contributed by atoms with Gasteiger partial charge in [0.1, 0.15) is 11.5 Å². The highest BCUT2D eigenvalue weighted by Crippen LogP contribution is 2.15. The van der Waals surface area contributed by atoms with Crippen LogP contribution in [0, 0.1) is 20.8 Å². The van der Waals surface area contributed by atoms with Crippen LogP contribution in [0.3, 0.4) is 0 Å². The Morgan fingerprint density at radius 2 is 2.23 bits per heavy atom. The van der Waals surface area contributed by atoms with Gasteiger partial charge in [-0.2, -0.15) is 5.10 Å². The van der Waals surface area contributed by atoms with E-state index in [1.54, 1.807) is 29.3 Å². The van der Waals surface area contributed by atoms with E-state index in [0.717, 1.165) is 22.6 Å². The van der Waals surface area contributed by atoms with Crippen molar-refractivity contribution in [3.8, 4) is 0 Å². The zero-order valence-electron chi connectivity index (χ0n) is 12.7. The van der Waals surface area contributed by atoms with Crippen molar-refractivity contribution in [3.63, 3.8) is 0 Å². The highest BCUT2D eigenvalue weighted by molar-refractivity contribution is 6.02. The van der Waals surface area contributed by atoms with Gasteiger partial charge in [0.05, 0.1) is 24.1 Å². The first-order chi connectivity index (χ1) is 10.5. The second-order valence-corrected chi connectivity index (χ2v) is 5.27. The number of hydrogen-bond acceptors (Lipinski definition) is 4. The van der Waals surface area contributed by atoms with Crippen LogP contribution in [-0.2, 0) is 6.54 Å². The molecule has 0 bridgehead atoms. The lowest BCUT2D eigenvalue weighted by Gasteiger charge is -2.01. The van der Waals surface area contributed by atoms with Crippen molar-refractivity contribution in [1.29, 1.82) is 0 Å². The Balaban J connectivity index is 1.70. The van der Waals surface area contributed by atoms with Crippen LogP contribution in [0.1, 0.15) is 33.1 Å². The Kier molecular flexibility index (Phi) is 3.54. The summed E-state index contributed by atoms with van der Waals surface area (Å²) in [4.78, 5) is 15.0. The number of hydrogen-bond donors (Lipinski definition) is 2. The van der Waals surface area contributed by atoms with Gasteiger partial charge in [-0.25, -0.2) is 0 Å². The summed E-state index contributed by atoms with van der Waals surface area (Å²) < 4.78 is 6.87. The number of nitrogens with one attached hydrogen (secondary N) is 2. The molecule has 3 aromatic rings. The molecule has 0 fully saturated rings. The molecule has 3 rings (SSSR count). The summed E-state index contributed by atoms with van der Waals surface area (Å²) in [6.45, 7) is 6.24. The number of aryl methyl sites for hydroxylation is 3. The third-order valence-corrected chi connectivity index (χ3v) is 3.46. The molecule has 7 nitrogen and oxygen atoms in total. The maximum atomic E-state index is 12.1. The molecule has 0 aliphatic rings. The van der Waals surface area contributed by atoms with Crippen molar-refractivity contribution in [2.24, 2.45) is 0 Å². The molecule has 3 heterocycles. The average Bonchev–Trinajstić information content (AvgIpc) is 3.17. The van der Waals surface area contributed by atoms with Crippen molar-refractivity contribution in [2.75, 3.05) is 5.32 Å². The normalized spacial score (nSPS) is 10.9. The van der Waals surface area contributed by atoms with Gasteiger partial charge in [0.15, 0.2) is 0 Å². The van der Waals surface area contributed by atoms with Gasteiger partial charge in [-0.05, 0) is 32.4 Å².